The first-order valence-corrected chi connectivity index (χ1v) is 7.04. The Morgan fingerprint density at radius 2 is 2.08 bits per heavy atom. The standard InChI is InChI=1S/C9H15BrOS/c1-12(11)7-6-9(8-10)4-2-3-5-9/h2-3H,4-8H2,1H3. The van der Waals surface area contributed by atoms with Gasteiger partial charge in [0, 0.05) is 28.1 Å². The van der Waals surface area contributed by atoms with Crippen molar-refractivity contribution in [3.05, 3.63) is 12.2 Å². The fourth-order valence-electron chi connectivity index (χ4n) is 1.49. The average Bonchev–Trinajstić information content (AvgIpc) is 2.50. The molecule has 0 heterocycles. The molecule has 0 aromatic carbocycles. The van der Waals surface area contributed by atoms with Crippen molar-refractivity contribution in [2.24, 2.45) is 5.41 Å². The van der Waals surface area contributed by atoms with E-state index in [-0.39, 0.29) is 0 Å². The van der Waals surface area contributed by atoms with Crippen LogP contribution in [0, 0.1) is 5.41 Å². The summed E-state index contributed by atoms with van der Waals surface area (Å²) in [5.41, 5.74) is 0.381. The zero-order chi connectivity index (χ0) is 9.03. The molecular formula is C9H15BrOS. The molecule has 0 aromatic heterocycles. The summed E-state index contributed by atoms with van der Waals surface area (Å²) in [4.78, 5) is 0. The Labute approximate surface area is 85.2 Å². The summed E-state index contributed by atoms with van der Waals surface area (Å²) in [7, 11) is -0.638. The van der Waals surface area contributed by atoms with Gasteiger partial charge in [-0.05, 0) is 24.7 Å². The summed E-state index contributed by atoms with van der Waals surface area (Å²) in [6.07, 6.45) is 9.63. The van der Waals surface area contributed by atoms with Gasteiger partial charge >= 0.3 is 0 Å². The zero-order valence-electron chi connectivity index (χ0n) is 7.38. The fourth-order valence-corrected chi connectivity index (χ4v) is 2.95. The molecule has 0 saturated carbocycles. The highest BCUT2D eigenvalue weighted by Crippen LogP contribution is 2.38. The van der Waals surface area contributed by atoms with Crippen molar-refractivity contribution in [1.29, 1.82) is 0 Å². The second kappa shape index (κ2) is 4.56. The molecule has 0 aliphatic heterocycles. The van der Waals surface area contributed by atoms with Gasteiger partial charge in [-0.2, -0.15) is 0 Å². The number of hydrogen-bond donors (Lipinski definition) is 0. The number of alkyl halides is 1. The third-order valence-corrected chi connectivity index (χ3v) is 4.44. The molecule has 1 unspecified atom stereocenters. The van der Waals surface area contributed by atoms with Crippen LogP contribution in [0.15, 0.2) is 12.2 Å². The number of hydrogen-bond acceptors (Lipinski definition) is 1. The van der Waals surface area contributed by atoms with Crippen LogP contribution in [0.4, 0.5) is 0 Å². The lowest BCUT2D eigenvalue weighted by Crippen LogP contribution is -2.21. The van der Waals surface area contributed by atoms with Crippen LogP contribution in [0.3, 0.4) is 0 Å². The van der Waals surface area contributed by atoms with E-state index in [1.165, 1.54) is 0 Å². The SMILES string of the molecule is CS(=O)CCC1(CBr)CC=CC1. The van der Waals surface area contributed by atoms with E-state index in [9.17, 15) is 4.21 Å². The predicted octanol–water partition coefficient (Wildman–Crippen LogP) is 2.49. The van der Waals surface area contributed by atoms with Gasteiger partial charge in [-0.25, -0.2) is 0 Å². The maximum Gasteiger partial charge on any atom is 0.0237 e. The highest BCUT2D eigenvalue weighted by atomic mass is 79.9. The first-order chi connectivity index (χ1) is 5.68. The van der Waals surface area contributed by atoms with Crippen LogP contribution in [0.2, 0.25) is 0 Å². The van der Waals surface area contributed by atoms with Crippen LogP contribution in [-0.2, 0) is 10.8 Å². The molecule has 0 spiro atoms. The minimum Gasteiger partial charge on any atom is -0.260 e. The van der Waals surface area contributed by atoms with Crippen LogP contribution in [0.5, 0.6) is 0 Å². The summed E-state index contributed by atoms with van der Waals surface area (Å²) >= 11 is 3.54. The summed E-state index contributed by atoms with van der Waals surface area (Å²) in [5.74, 6) is 0.841. The van der Waals surface area contributed by atoms with Crippen molar-refractivity contribution in [1.82, 2.24) is 0 Å². The highest BCUT2D eigenvalue weighted by molar-refractivity contribution is 9.09. The number of allylic oxidation sites excluding steroid dienone is 2. The zero-order valence-corrected chi connectivity index (χ0v) is 9.79. The molecule has 0 N–H and O–H groups in total. The van der Waals surface area contributed by atoms with Gasteiger partial charge in [0.25, 0.3) is 0 Å². The normalized spacial score (nSPS) is 22.8. The molecule has 12 heavy (non-hydrogen) atoms. The van der Waals surface area contributed by atoms with Gasteiger partial charge in [0.05, 0.1) is 0 Å². The van der Waals surface area contributed by atoms with Crippen LogP contribution < -0.4 is 0 Å². The first kappa shape index (κ1) is 10.5. The molecule has 3 heteroatoms. The van der Waals surface area contributed by atoms with Crippen molar-refractivity contribution < 1.29 is 4.21 Å². The van der Waals surface area contributed by atoms with Gasteiger partial charge in [-0.1, -0.05) is 28.1 Å². The fraction of sp³-hybridized carbons (Fsp3) is 0.778. The van der Waals surface area contributed by atoms with Crippen molar-refractivity contribution in [3.8, 4) is 0 Å². The van der Waals surface area contributed by atoms with Gasteiger partial charge in [-0.15, -0.1) is 0 Å². The third-order valence-electron chi connectivity index (χ3n) is 2.47. The van der Waals surface area contributed by atoms with E-state index in [0.717, 1.165) is 30.3 Å². The van der Waals surface area contributed by atoms with Gasteiger partial charge in [-0.3, -0.25) is 4.21 Å². The lowest BCUT2D eigenvalue weighted by molar-refractivity contribution is 0.352. The number of rotatable bonds is 4. The third kappa shape index (κ3) is 2.70. The summed E-state index contributed by atoms with van der Waals surface area (Å²) in [6, 6.07) is 0. The first-order valence-electron chi connectivity index (χ1n) is 4.19. The number of halogens is 1. The molecular weight excluding hydrogens is 236 g/mol. The predicted molar refractivity (Wildman–Crippen MR) is 58.2 cm³/mol. The summed E-state index contributed by atoms with van der Waals surface area (Å²) in [5, 5.41) is 1.03. The summed E-state index contributed by atoms with van der Waals surface area (Å²) in [6.45, 7) is 0. The second-order valence-corrected chi connectivity index (χ2v) is 5.66. The second-order valence-electron chi connectivity index (χ2n) is 3.54. The average molecular weight is 251 g/mol. The lowest BCUT2D eigenvalue weighted by atomic mass is 9.85. The van der Waals surface area contributed by atoms with E-state index >= 15 is 0 Å². The lowest BCUT2D eigenvalue weighted by Gasteiger charge is -2.25. The molecule has 0 radical (unpaired) electrons. The monoisotopic (exact) mass is 250 g/mol. The maximum atomic E-state index is 10.9. The van der Waals surface area contributed by atoms with Gasteiger partial charge in [0.1, 0.15) is 0 Å². The van der Waals surface area contributed by atoms with Crippen molar-refractivity contribution in [2.45, 2.75) is 19.3 Å². The smallest absolute Gasteiger partial charge is 0.0237 e. The molecule has 1 aliphatic carbocycles. The minimum atomic E-state index is -0.638. The van der Waals surface area contributed by atoms with E-state index < -0.39 is 10.8 Å². The molecule has 0 bridgehead atoms. The minimum absolute atomic E-state index is 0.381. The molecule has 0 fully saturated rings. The Bertz CT molecular complexity index is 193. The van der Waals surface area contributed by atoms with E-state index in [0.29, 0.717) is 5.41 Å². The Balaban J connectivity index is 2.40. The van der Waals surface area contributed by atoms with Crippen LogP contribution >= 0.6 is 15.9 Å². The molecule has 1 atom stereocenters. The topological polar surface area (TPSA) is 17.1 Å². The van der Waals surface area contributed by atoms with E-state index in [1.807, 2.05) is 0 Å². The van der Waals surface area contributed by atoms with Gasteiger partial charge in [0.2, 0.25) is 0 Å². The van der Waals surface area contributed by atoms with Crippen molar-refractivity contribution >= 4 is 26.7 Å². The molecule has 1 rings (SSSR count). The van der Waals surface area contributed by atoms with Crippen LogP contribution in [-0.4, -0.2) is 21.5 Å². The largest absolute Gasteiger partial charge is 0.260 e. The highest BCUT2D eigenvalue weighted by Gasteiger charge is 2.29. The van der Waals surface area contributed by atoms with Crippen molar-refractivity contribution in [3.63, 3.8) is 0 Å². The van der Waals surface area contributed by atoms with E-state index in [1.54, 1.807) is 6.26 Å². The molecule has 1 aliphatic rings. The van der Waals surface area contributed by atoms with Crippen molar-refractivity contribution in [2.75, 3.05) is 17.3 Å². The Hall–Kier alpha value is 0.370. The molecule has 1 nitrogen and oxygen atoms in total. The van der Waals surface area contributed by atoms with Gasteiger partial charge in [0.15, 0.2) is 0 Å². The van der Waals surface area contributed by atoms with E-state index in [4.69, 9.17) is 0 Å². The molecule has 0 amide bonds. The molecule has 70 valence electrons. The Morgan fingerprint density at radius 1 is 1.50 bits per heavy atom. The Kier molecular flexibility index (Phi) is 3.97. The van der Waals surface area contributed by atoms with E-state index in [2.05, 4.69) is 28.1 Å². The quantitative estimate of drug-likeness (QED) is 0.554. The Morgan fingerprint density at radius 3 is 2.50 bits per heavy atom. The van der Waals surface area contributed by atoms with Crippen LogP contribution in [0.25, 0.3) is 0 Å². The van der Waals surface area contributed by atoms with Crippen LogP contribution in [0.1, 0.15) is 19.3 Å². The van der Waals surface area contributed by atoms with Gasteiger partial charge < -0.3 is 0 Å². The molecule has 0 aromatic rings. The summed E-state index contributed by atoms with van der Waals surface area (Å²) < 4.78 is 10.9. The molecule has 0 saturated heterocycles. The maximum absolute atomic E-state index is 10.9.